The van der Waals surface area contributed by atoms with E-state index in [9.17, 15) is 9.18 Å². The van der Waals surface area contributed by atoms with E-state index in [0.717, 1.165) is 5.82 Å². The number of amides is 1. The second-order valence-corrected chi connectivity index (χ2v) is 4.14. The van der Waals surface area contributed by atoms with Gasteiger partial charge in [0.25, 0.3) is 5.91 Å². The zero-order chi connectivity index (χ0) is 12.5. The number of aromatic nitrogens is 3. The van der Waals surface area contributed by atoms with Gasteiger partial charge < -0.3 is 4.90 Å². The van der Waals surface area contributed by atoms with Crippen LogP contribution >= 0.6 is 0 Å². The minimum atomic E-state index is -0.402. The fraction of sp³-hybridized carbons (Fsp3) is 0.250. The molecule has 0 N–H and O–H groups in total. The molecule has 1 aromatic heterocycles. The Kier molecular flexibility index (Phi) is 2.55. The summed E-state index contributed by atoms with van der Waals surface area (Å²) < 4.78 is 14.9. The van der Waals surface area contributed by atoms with Gasteiger partial charge in [-0.2, -0.15) is 5.10 Å². The number of hydrogen-bond acceptors (Lipinski definition) is 3. The van der Waals surface area contributed by atoms with Crippen molar-refractivity contribution < 1.29 is 9.18 Å². The third-order valence-electron chi connectivity index (χ3n) is 2.97. The molecule has 1 aliphatic heterocycles. The molecule has 0 bridgehead atoms. The van der Waals surface area contributed by atoms with Crippen molar-refractivity contribution in [2.75, 3.05) is 6.54 Å². The number of hydrogen-bond donors (Lipinski definition) is 0. The molecule has 0 saturated heterocycles. The van der Waals surface area contributed by atoms with E-state index in [4.69, 9.17) is 0 Å². The van der Waals surface area contributed by atoms with Crippen LogP contribution in [-0.2, 0) is 13.1 Å². The number of carbonyl (C=O) groups is 1. The first-order chi connectivity index (χ1) is 8.74. The minimum Gasteiger partial charge on any atom is -0.329 e. The first-order valence-corrected chi connectivity index (χ1v) is 5.65. The summed E-state index contributed by atoms with van der Waals surface area (Å²) in [6, 6.07) is 5.73. The summed E-state index contributed by atoms with van der Waals surface area (Å²) in [6.45, 7) is 1.59. The third-order valence-corrected chi connectivity index (χ3v) is 2.97. The van der Waals surface area contributed by atoms with Crippen molar-refractivity contribution in [1.29, 1.82) is 0 Å². The fourth-order valence-corrected chi connectivity index (χ4v) is 2.04. The Hall–Kier alpha value is -2.24. The lowest BCUT2D eigenvalue weighted by Gasteiger charge is -2.26. The molecule has 1 aromatic carbocycles. The van der Waals surface area contributed by atoms with Gasteiger partial charge in [-0.3, -0.25) is 4.79 Å². The molecule has 0 spiro atoms. The maximum atomic E-state index is 13.1. The third kappa shape index (κ3) is 1.85. The van der Waals surface area contributed by atoms with Crippen LogP contribution in [0.3, 0.4) is 0 Å². The summed E-state index contributed by atoms with van der Waals surface area (Å²) in [4.78, 5) is 17.9. The van der Waals surface area contributed by atoms with E-state index in [0.29, 0.717) is 25.2 Å². The molecular formula is C12H11FN4O. The molecule has 0 unspecified atom stereocenters. The molecule has 3 rings (SSSR count). The molecule has 0 fully saturated rings. The monoisotopic (exact) mass is 246 g/mol. The average molecular weight is 246 g/mol. The van der Waals surface area contributed by atoms with Gasteiger partial charge in [-0.25, -0.2) is 14.1 Å². The second kappa shape index (κ2) is 4.21. The first-order valence-electron chi connectivity index (χ1n) is 5.65. The van der Waals surface area contributed by atoms with Crippen molar-refractivity contribution in [2.24, 2.45) is 0 Å². The van der Waals surface area contributed by atoms with E-state index in [1.807, 2.05) is 0 Å². The van der Waals surface area contributed by atoms with Gasteiger partial charge in [0.15, 0.2) is 0 Å². The molecule has 18 heavy (non-hydrogen) atoms. The Morgan fingerprint density at radius 2 is 2.22 bits per heavy atom. The van der Waals surface area contributed by atoms with Crippen LogP contribution in [0.1, 0.15) is 16.2 Å². The van der Waals surface area contributed by atoms with Crippen molar-refractivity contribution in [3.05, 3.63) is 47.8 Å². The van der Waals surface area contributed by atoms with Crippen LogP contribution in [0.2, 0.25) is 0 Å². The van der Waals surface area contributed by atoms with Gasteiger partial charge in [-0.05, 0) is 18.2 Å². The minimum absolute atomic E-state index is 0.177. The van der Waals surface area contributed by atoms with E-state index in [-0.39, 0.29) is 5.91 Å². The van der Waals surface area contributed by atoms with Crippen molar-refractivity contribution in [3.63, 3.8) is 0 Å². The number of halogens is 1. The van der Waals surface area contributed by atoms with E-state index in [2.05, 4.69) is 10.1 Å². The number of rotatable bonds is 1. The molecule has 1 aliphatic rings. The number of nitrogens with zero attached hydrogens (tertiary/aromatic N) is 4. The molecule has 0 radical (unpaired) electrons. The van der Waals surface area contributed by atoms with Crippen LogP contribution in [0, 0.1) is 5.82 Å². The van der Waals surface area contributed by atoms with E-state index >= 15 is 0 Å². The fourth-order valence-electron chi connectivity index (χ4n) is 2.04. The van der Waals surface area contributed by atoms with Gasteiger partial charge in [-0.1, -0.05) is 6.07 Å². The van der Waals surface area contributed by atoms with E-state index < -0.39 is 5.82 Å². The molecule has 92 valence electrons. The lowest BCUT2D eigenvalue weighted by molar-refractivity contribution is 0.0702. The lowest BCUT2D eigenvalue weighted by Crippen LogP contribution is -2.38. The number of fused-ring (bicyclic) bond motifs is 1. The summed E-state index contributed by atoms with van der Waals surface area (Å²) in [7, 11) is 0. The summed E-state index contributed by atoms with van der Waals surface area (Å²) in [5.41, 5.74) is 0.364. The molecular weight excluding hydrogens is 235 g/mol. The van der Waals surface area contributed by atoms with Gasteiger partial charge >= 0.3 is 0 Å². The molecule has 0 saturated carbocycles. The van der Waals surface area contributed by atoms with Crippen LogP contribution < -0.4 is 0 Å². The quantitative estimate of drug-likeness (QED) is 0.756. The Labute approximate surface area is 103 Å². The molecule has 5 nitrogen and oxygen atoms in total. The number of benzene rings is 1. The highest BCUT2D eigenvalue weighted by atomic mass is 19.1. The summed E-state index contributed by atoms with van der Waals surface area (Å²) in [5, 5.41) is 4.04. The van der Waals surface area contributed by atoms with Gasteiger partial charge in [-0.15, -0.1) is 0 Å². The van der Waals surface area contributed by atoms with E-state index in [1.54, 1.807) is 15.6 Å². The van der Waals surface area contributed by atoms with Gasteiger partial charge in [0.2, 0.25) is 0 Å². The molecule has 6 heteroatoms. The number of carbonyl (C=O) groups excluding carboxylic acids is 1. The molecule has 2 heterocycles. The standard InChI is InChI=1S/C12H11FN4O/c13-10-3-1-2-9(6-10)12(18)16-4-5-17-11(7-16)14-8-15-17/h1-3,6,8H,4-5,7H2. The van der Waals surface area contributed by atoms with Crippen LogP contribution in [-0.4, -0.2) is 32.1 Å². The largest absolute Gasteiger partial charge is 0.329 e. The first kappa shape index (κ1) is 10.9. The Morgan fingerprint density at radius 1 is 1.33 bits per heavy atom. The van der Waals surface area contributed by atoms with E-state index in [1.165, 1.54) is 24.5 Å². The summed E-state index contributed by atoms with van der Waals surface area (Å²) in [6.07, 6.45) is 1.48. The van der Waals surface area contributed by atoms with Crippen molar-refractivity contribution in [2.45, 2.75) is 13.1 Å². The Balaban J connectivity index is 1.83. The zero-order valence-corrected chi connectivity index (χ0v) is 9.58. The second-order valence-electron chi connectivity index (χ2n) is 4.14. The SMILES string of the molecule is O=C(c1cccc(F)c1)N1CCn2ncnc2C1. The smallest absolute Gasteiger partial charge is 0.254 e. The Morgan fingerprint density at radius 3 is 3.06 bits per heavy atom. The maximum absolute atomic E-state index is 13.1. The van der Waals surface area contributed by atoms with Gasteiger partial charge in [0, 0.05) is 12.1 Å². The molecule has 0 atom stereocenters. The topological polar surface area (TPSA) is 51.0 Å². The normalized spacial score (nSPS) is 14.4. The summed E-state index contributed by atoms with van der Waals surface area (Å²) >= 11 is 0. The van der Waals surface area contributed by atoms with Gasteiger partial charge in [0.1, 0.15) is 18.0 Å². The van der Waals surface area contributed by atoms with Crippen molar-refractivity contribution >= 4 is 5.91 Å². The van der Waals surface area contributed by atoms with Crippen LogP contribution in [0.5, 0.6) is 0 Å². The van der Waals surface area contributed by atoms with Crippen molar-refractivity contribution in [3.8, 4) is 0 Å². The molecule has 0 aliphatic carbocycles. The zero-order valence-electron chi connectivity index (χ0n) is 9.58. The van der Waals surface area contributed by atoms with Crippen LogP contribution in [0.25, 0.3) is 0 Å². The highest BCUT2D eigenvalue weighted by Crippen LogP contribution is 2.13. The van der Waals surface area contributed by atoms with Crippen molar-refractivity contribution in [1.82, 2.24) is 19.7 Å². The lowest BCUT2D eigenvalue weighted by atomic mass is 10.2. The molecule has 2 aromatic rings. The predicted octanol–water partition coefficient (Wildman–Crippen LogP) is 1.07. The predicted molar refractivity (Wildman–Crippen MR) is 61.2 cm³/mol. The average Bonchev–Trinajstić information content (AvgIpc) is 2.85. The summed E-state index contributed by atoms with van der Waals surface area (Å²) in [5.74, 6) is 0.177. The van der Waals surface area contributed by atoms with Crippen LogP contribution in [0.4, 0.5) is 4.39 Å². The Bertz CT molecular complexity index is 595. The highest BCUT2D eigenvalue weighted by molar-refractivity contribution is 5.94. The highest BCUT2D eigenvalue weighted by Gasteiger charge is 2.22. The molecule has 1 amide bonds. The maximum Gasteiger partial charge on any atom is 0.254 e. The van der Waals surface area contributed by atoms with Crippen LogP contribution in [0.15, 0.2) is 30.6 Å². The van der Waals surface area contributed by atoms with Gasteiger partial charge in [0.05, 0.1) is 13.1 Å².